The van der Waals surface area contributed by atoms with Crippen LogP contribution in [0.2, 0.25) is 0 Å². The minimum atomic E-state index is -0.753. The first kappa shape index (κ1) is 15.3. The Kier molecular flexibility index (Phi) is 4.78. The number of aromatic nitrogens is 2. The molecule has 0 aliphatic heterocycles. The van der Waals surface area contributed by atoms with Gasteiger partial charge in [-0.15, -0.1) is 0 Å². The van der Waals surface area contributed by atoms with Gasteiger partial charge in [0.15, 0.2) is 0 Å². The van der Waals surface area contributed by atoms with Crippen molar-refractivity contribution >= 4 is 5.97 Å². The molecule has 21 heavy (non-hydrogen) atoms. The molecule has 0 saturated carbocycles. The molecular weight excluding hydrogens is 264 g/mol. The third kappa shape index (κ3) is 3.94. The summed E-state index contributed by atoms with van der Waals surface area (Å²) >= 11 is 0. The van der Waals surface area contributed by atoms with Gasteiger partial charge >= 0.3 is 5.97 Å². The van der Waals surface area contributed by atoms with Gasteiger partial charge in [-0.2, -0.15) is 5.10 Å². The molecule has 1 atom stereocenters. The molecule has 1 unspecified atom stereocenters. The number of carbonyl (C=O) groups is 1. The fourth-order valence-electron chi connectivity index (χ4n) is 2.55. The summed E-state index contributed by atoms with van der Waals surface area (Å²) in [6.45, 7) is 6.75. The quantitative estimate of drug-likeness (QED) is 0.888. The zero-order valence-electron chi connectivity index (χ0n) is 12.8. The van der Waals surface area contributed by atoms with Crippen LogP contribution >= 0.6 is 0 Å². The molecule has 4 nitrogen and oxygen atoms in total. The highest BCUT2D eigenvalue weighted by Crippen LogP contribution is 2.17. The second kappa shape index (κ2) is 6.57. The Morgan fingerprint density at radius 1 is 1.24 bits per heavy atom. The first-order valence-corrected chi connectivity index (χ1v) is 7.31. The number of carboxylic acid groups (broad SMARTS) is 1. The molecule has 0 spiro atoms. The van der Waals surface area contributed by atoms with Gasteiger partial charge in [0.25, 0.3) is 0 Å². The van der Waals surface area contributed by atoms with Gasteiger partial charge in [-0.05, 0) is 38.8 Å². The summed E-state index contributed by atoms with van der Waals surface area (Å²) in [7, 11) is 0. The van der Waals surface area contributed by atoms with E-state index < -0.39 is 11.9 Å². The van der Waals surface area contributed by atoms with Gasteiger partial charge in [0.2, 0.25) is 0 Å². The number of aliphatic carboxylic acids is 1. The fraction of sp³-hybridized carbons (Fsp3) is 0.412. The monoisotopic (exact) mass is 286 g/mol. The predicted octanol–water partition coefficient (Wildman–Crippen LogP) is 3.01. The third-order valence-corrected chi connectivity index (χ3v) is 3.69. The molecule has 0 aliphatic carbocycles. The van der Waals surface area contributed by atoms with E-state index in [0.29, 0.717) is 12.8 Å². The van der Waals surface area contributed by atoms with Gasteiger partial charge in [-0.3, -0.25) is 9.48 Å². The fourth-order valence-corrected chi connectivity index (χ4v) is 2.55. The number of hydrogen-bond acceptors (Lipinski definition) is 2. The molecule has 1 N–H and O–H groups in total. The van der Waals surface area contributed by atoms with Gasteiger partial charge in [-0.25, -0.2) is 0 Å². The second-order valence-corrected chi connectivity index (χ2v) is 5.52. The zero-order valence-corrected chi connectivity index (χ0v) is 12.8. The van der Waals surface area contributed by atoms with Gasteiger partial charge < -0.3 is 5.11 Å². The van der Waals surface area contributed by atoms with Crippen LogP contribution in [0.1, 0.15) is 29.4 Å². The van der Waals surface area contributed by atoms with E-state index in [1.807, 2.05) is 55.8 Å². The minimum Gasteiger partial charge on any atom is -0.481 e. The van der Waals surface area contributed by atoms with Crippen LogP contribution in [0.15, 0.2) is 30.3 Å². The number of nitrogens with zero attached hydrogens (tertiary/aromatic N) is 2. The summed E-state index contributed by atoms with van der Waals surface area (Å²) in [5, 5.41) is 13.9. The first-order valence-electron chi connectivity index (χ1n) is 7.31. The summed E-state index contributed by atoms with van der Waals surface area (Å²) in [5.41, 5.74) is 4.18. The van der Waals surface area contributed by atoms with Gasteiger partial charge in [0.1, 0.15) is 0 Å². The molecule has 112 valence electrons. The van der Waals surface area contributed by atoms with Crippen molar-refractivity contribution < 1.29 is 9.90 Å². The standard InChI is InChI=1S/C17H22N2O2/c1-4-19-16(9-13(3)18-19)11-15(17(20)21)10-14-7-5-12(2)6-8-14/h5-9,15H,4,10-11H2,1-3H3,(H,20,21). The lowest BCUT2D eigenvalue weighted by Crippen LogP contribution is -2.21. The normalized spacial score (nSPS) is 12.3. The van der Waals surface area contributed by atoms with Crippen molar-refractivity contribution in [2.45, 2.75) is 40.2 Å². The number of rotatable bonds is 6. The highest BCUT2D eigenvalue weighted by atomic mass is 16.4. The molecule has 0 fully saturated rings. The molecule has 1 aromatic carbocycles. The van der Waals surface area contributed by atoms with Crippen molar-refractivity contribution in [1.29, 1.82) is 0 Å². The van der Waals surface area contributed by atoms with Crippen LogP contribution in [0, 0.1) is 19.8 Å². The lowest BCUT2D eigenvalue weighted by molar-refractivity contribution is -0.141. The molecule has 0 radical (unpaired) electrons. The van der Waals surface area contributed by atoms with Crippen molar-refractivity contribution in [2.75, 3.05) is 0 Å². The smallest absolute Gasteiger partial charge is 0.307 e. The van der Waals surface area contributed by atoms with E-state index in [2.05, 4.69) is 5.10 Å². The lowest BCUT2D eigenvalue weighted by atomic mass is 9.94. The lowest BCUT2D eigenvalue weighted by Gasteiger charge is -2.13. The summed E-state index contributed by atoms with van der Waals surface area (Å²) in [5.74, 6) is -1.17. The van der Waals surface area contributed by atoms with Crippen LogP contribution in [0.4, 0.5) is 0 Å². The van der Waals surface area contributed by atoms with Crippen molar-refractivity contribution in [1.82, 2.24) is 9.78 Å². The maximum Gasteiger partial charge on any atom is 0.307 e. The van der Waals surface area contributed by atoms with Crippen LogP contribution in [0.3, 0.4) is 0 Å². The Bertz CT molecular complexity index is 614. The molecule has 2 rings (SSSR count). The minimum absolute atomic E-state index is 0.422. The summed E-state index contributed by atoms with van der Waals surface area (Å²) in [6.07, 6.45) is 1.06. The van der Waals surface area contributed by atoms with Crippen molar-refractivity contribution in [2.24, 2.45) is 5.92 Å². The Hall–Kier alpha value is -2.10. The van der Waals surface area contributed by atoms with Crippen LogP contribution in [0.5, 0.6) is 0 Å². The molecule has 1 aromatic heterocycles. The van der Waals surface area contributed by atoms with E-state index >= 15 is 0 Å². The Labute approximate surface area is 125 Å². The summed E-state index contributed by atoms with van der Waals surface area (Å²) in [6, 6.07) is 10.0. The highest BCUT2D eigenvalue weighted by molar-refractivity contribution is 5.70. The van der Waals surface area contributed by atoms with E-state index in [1.165, 1.54) is 5.56 Å². The van der Waals surface area contributed by atoms with Gasteiger partial charge in [0.05, 0.1) is 11.6 Å². The van der Waals surface area contributed by atoms with E-state index in [4.69, 9.17) is 0 Å². The molecular formula is C17H22N2O2. The Balaban J connectivity index is 2.15. The molecule has 4 heteroatoms. The number of aryl methyl sites for hydroxylation is 3. The van der Waals surface area contributed by atoms with E-state index in [0.717, 1.165) is 23.5 Å². The molecule has 2 aromatic rings. The van der Waals surface area contributed by atoms with Crippen molar-refractivity contribution in [3.63, 3.8) is 0 Å². The van der Waals surface area contributed by atoms with E-state index in [-0.39, 0.29) is 0 Å². The number of benzene rings is 1. The number of carboxylic acids is 1. The van der Waals surface area contributed by atoms with Gasteiger partial charge in [-0.1, -0.05) is 29.8 Å². The second-order valence-electron chi connectivity index (χ2n) is 5.52. The third-order valence-electron chi connectivity index (χ3n) is 3.69. The Morgan fingerprint density at radius 3 is 2.48 bits per heavy atom. The van der Waals surface area contributed by atoms with E-state index in [1.54, 1.807) is 0 Å². The largest absolute Gasteiger partial charge is 0.481 e. The van der Waals surface area contributed by atoms with Crippen LogP contribution in [0.25, 0.3) is 0 Å². The number of hydrogen-bond donors (Lipinski definition) is 1. The van der Waals surface area contributed by atoms with Crippen LogP contribution < -0.4 is 0 Å². The predicted molar refractivity (Wildman–Crippen MR) is 82.4 cm³/mol. The van der Waals surface area contributed by atoms with Gasteiger partial charge in [0, 0.05) is 18.7 Å². The van der Waals surface area contributed by atoms with Crippen LogP contribution in [-0.2, 0) is 24.2 Å². The zero-order chi connectivity index (χ0) is 15.4. The van der Waals surface area contributed by atoms with Crippen molar-refractivity contribution in [3.8, 4) is 0 Å². The van der Waals surface area contributed by atoms with Crippen LogP contribution in [-0.4, -0.2) is 20.9 Å². The molecule has 0 aliphatic rings. The molecule has 0 bridgehead atoms. The molecule has 0 saturated heterocycles. The maximum absolute atomic E-state index is 11.6. The molecule has 0 amide bonds. The average molecular weight is 286 g/mol. The summed E-state index contributed by atoms with van der Waals surface area (Å²) < 4.78 is 1.89. The topological polar surface area (TPSA) is 55.1 Å². The maximum atomic E-state index is 11.6. The summed E-state index contributed by atoms with van der Waals surface area (Å²) in [4.78, 5) is 11.6. The SMILES string of the molecule is CCn1nc(C)cc1CC(Cc1ccc(C)cc1)C(=O)O. The Morgan fingerprint density at radius 2 is 1.90 bits per heavy atom. The highest BCUT2D eigenvalue weighted by Gasteiger charge is 2.20. The average Bonchev–Trinajstić information content (AvgIpc) is 2.80. The van der Waals surface area contributed by atoms with Crippen molar-refractivity contribution in [3.05, 3.63) is 52.8 Å². The van der Waals surface area contributed by atoms with E-state index in [9.17, 15) is 9.90 Å². The first-order chi connectivity index (χ1) is 9.99. The molecule has 1 heterocycles.